The number of aryl methyl sites for hydroxylation is 1. The zero-order chi connectivity index (χ0) is 23.6. The minimum absolute atomic E-state index is 0. The second-order valence-electron chi connectivity index (χ2n) is 9.99. The number of ether oxygens (including phenoxy) is 1. The van der Waals surface area contributed by atoms with Crippen LogP contribution in [0.3, 0.4) is 0 Å². The number of benzene rings is 1. The van der Waals surface area contributed by atoms with Crippen LogP contribution in [0.5, 0.6) is 5.75 Å². The van der Waals surface area contributed by atoms with Gasteiger partial charge < -0.3 is 14.5 Å². The van der Waals surface area contributed by atoms with Gasteiger partial charge in [0.05, 0.1) is 7.11 Å². The van der Waals surface area contributed by atoms with Crippen LogP contribution in [0.2, 0.25) is 0 Å². The van der Waals surface area contributed by atoms with Gasteiger partial charge in [0, 0.05) is 36.9 Å². The van der Waals surface area contributed by atoms with Crippen LogP contribution in [-0.4, -0.2) is 60.2 Å². The lowest BCUT2D eigenvalue weighted by Gasteiger charge is -2.51. The van der Waals surface area contributed by atoms with Crippen molar-refractivity contribution in [3.63, 3.8) is 0 Å². The summed E-state index contributed by atoms with van der Waals surface area (Å²) in [5.74, 6) is 1.46. The van der Waals surface area contributed by atoms with Gasteiger partial charge in [-0.2, -0.15) is 0 Å². The van der Waals surface area contributed by atoms with E-state index in [1.807, 2.05) is 15.5 Å². The third-order valence-electron chi connectivity index (χ3n) is 8.06. The summed E-state index contributed by atoms with van der Waals surface area (Å²) in [6.45, 7) is 13.7. The van der Waals surface area contributed by atoms with Crippen LogP contribution in [0.4, 0.5) is 4.79 Å². The number of hydrogen-bond donors (Lipinski definition) is 0. The normalized spacial score (nSPS) is 21.9. The van der Waals surface area contributed by atoms with Crippen LogP contribution >= 0.6 is 12.4 Å². The Morgan fingerprint density at radius 2 is 1.94 bits per heavy atom. The molecule has 0 saturated carbocycles. The topological polar surface area (TPSA) is 37.7 Å². The molecule has 1 amide bonds. The van der Waals surface area contributed by atoms with Crippen molar-refractivity contribution in [2.45, 2.75) is 65.2 Å². The van der Waals surface area contributed by atoms with Gasteiger partial charge in [0.2, 0.25) is 0 Å². The molecule has 34 heavy (non-hydrogen) atoms. The molecule has 5 nitrogen and oxygen atoms in total. The zero-order valence-corrected chi connectivity index (χ0v) is 22.4. The molecule has 1 aromatic heterocycles. The Morgan fingerprint density at radius 3 is 2.59 bits per heavy atom. The molecular weight excluding hydrogens is 446 g/mol. The van der Waals surface area contributed by atoms with Crippen molar-refractivity contribution in [3.05, 3.63) is 52.8 Å². The van der Waals surface area contributed by atoms with Crippen LogP contribution < -0.4 is 4.74 Å². The first kappa shape index (κ1) is 26.6. The lowest BCUT2D eigenvalue weighted by atomic mass is 9.58. The Bertz CT molecular complexity index is 982. The number of carbonyl (C=O) groups excluding carboxylic acids is 1. The van der Waals surface area contributed by atoms with Crippen molar-refractivity contribution in [2.75, 3.05) is 39.8 Å². The maximum absolute atomic E-state index is 13.7. The number of carbonyl (C=O) groups is 1. The third kappa shape index (κ3) is 4.74. The predicted octanol–water partition coefficient (Wildman–Crippen LogP) is 5.70. The van der Waals surface area contributed by atoms with E-state index < -0.39 is 0 Å². The fourth-order valence-electron chi connectivity index (χ4n) is 6.24. The van der Waals surface area contributed by atoms with E-state index in [9.17, 15) is 4.79 Å². The van der Waals surface area contributed by atoms with Crippen molar-refractivity contribution >= 4 is 18.4 Å². The highest BCUT2D eigenvalue weighted by Gasteiger charge is 2.48. The largest absolute Gasteiger partial charge is 0.497 e. The highest BCUT2D eigenvalue weighted by molar-refractivity contribution is 5.85. The van der Waals surface area contributed by atoms with Gasteiger partial charge in [-0.25, -0.2) is 4.79 Å². The predicted molar refractivity (Wildman–Crippen MR) is 142 cm³/mol. The fraction of sp³-hybridized carbons (Fsp3) is 0.607. The molecule has 0 spiro atoms. The van der Waals surface area contributed by atoms with Crippen molar-refractivity contribution in [3.8, 4) is 5.75 Å². The molecular formula is C28H42ClN3O2. The van der Waals surface area contributed by atoms with E-state index in [2.05, 4.69) is 57.0 Å². The van der Waals surface area contributed by atoms with Crippen LogP contribution in [0.15, 0.2) is 30.5 Å². The van der Waals surface area contributed by atoms with Crippen LogP contribution in [0.25, 0.3) is 0 Å². The van der Waals surface area contributed by atoms with E-state index in [1.54, 1.807) is 7.11 Å². The maximum Gasteiger partial charge on any atom is 0.328 e. The lowest BCUT2D eigenvalue weighted by molar-refractivity contribution is 0.0840. The van der Waals surface area contributed by atoms with Crippen LogP contribution in [0.1, 0.15) is 62.4 Å². The number of likely N-dealkylation sites (tertiary alicyclic amines) is 1. The van der Waals surface area contributed by atoms with Crippen LogP contribution in [-0.2, 0) is 18.3 Å². The second kappa shape index (κ2) is 11.2. The SMILES string of the molecule is CCCN(CCC)C(=O)n1cc(C)c2c1CC1(c3cccc(OC)c3)CCN(CC)CC1C2.Cl. The molecule has 2 atom stereocenters. The minimum atomic E-state index is 0. The van der Waals surface area contributed by atoms with Gasteiger partial charge in [0.1, 0.15) is 5.75 Å². The van der Waals surface area contributed by atoms with Gasteiger partial charge in [-0.05, 0) is 86.9 Å². The molecule has 6 heteroatoms. The summed E-state index contributed by atoms with van der Waals surface area (Å²) < 4.78 is 7.61. The van der Waals surface area contributed by atoms with Gasteiger partial charge in [-0.1, -0.05) is 32.9 Å². The molecule has 2 unspecified atom stereocenters. The molecule has 1 aliphatic carbocycles. The Balaban J connectivity index is 0.00000324. The number of aromatic nitrogens is 1. The summed E-state index contributed by atoms with van der Waals surface area (Å²) in [6, 6.07) is 8.83. The highest BCUT2D eigenvalue weighted by Crippen LogP contribution is 2.49. The molecule has 1 aromatic carbocycles. The van der Waals surface area contributed by atoms with E-state index in [-0.39, 0.29) is 23.9 Å². The summed E-state index contributed by atoms with van der Waals surface area (Å²) >= 11 is 0. The number of methoxy groups -OCH3 is 1. The van der Waals surface area contributed by atoms with E-state index in [0.29, 0.717) is 5.92 Å². The number of nitrogens with zero attached hydrogens (tertiary/aromatic N) is 3. The van der Waals surface area contributed by atoms with E-state index in [1.165, 1.54) is 22.4 Å². The first-order valence-corrected chi connectivity index (χ1v) is 12.8. The molecule has 0 radical (unpaired) electrons. The standard InChI is InChI=1S/C28H41N3O2.ClH/c1-6-13-30(14-7-2)27(32)31-19-21(4)25-17-23-20-29(8-3)15-12-28(23,18-26(25)31)22-10-9-11-24(16-22)33-5;/h9-11,16,19,23H,6-8,12-15,17-18,20H2,1-5H3;1H. The summed E-state index contributed by atoms with van der Waals surface area (Å²) in [4.78, 5) is 18.3. The summed E-state index contributed by atoms with van der Waals surface area (Å²) in [6.07, 6.45) is 7.15. The molecule has 0 N–H and O–H groups in total. The smallest absolute Gasteiger partial charge is 0.328 e. The fourth-order valence-corrected chi connectivity index (χ4v) is 6.24. The lowest BCUT2D eigenvalue weighted by Crippen LogP contribution is -2.54. The van der Waals surface area contributed by atoms with Crippen LogP contribution in [0, 0.1) is 12.8 Å². The quantitative estimate of drug-likeness (QED) is 0.503. The molecule has 2 aliphatic rings. The van der Waals surface area contributed by atoms with Gasteiger partial charge in [0.15, 0.2) is 0 Å². The molecule has 188 valence electrons. The Labute approximate surface area is 211 Å². The van der Waals surface area contributed by atoms with E-state index in [4.69, 9.17) is 4.74 Å². The summed E-state index contributed by atoms with van der Waals surface area (Å²) in [7, 11) is 1.75. The summed E-state index contributed by atoms with van der Waals surface area (Å²) in [5, 5.41) is 0. The number of rotatable bonds is 7. The second-order valence-corrected chi connectivity index (χ2v) is 9.99. The summed E-state index contributed by atoms with van der Waals surface area (Å²) in [5.41, 5.74) is 5.30. The van der Waals surface area contributed by atoms with Gasteiger partial charge >= 0.3 is 6.03 Å². The molecule has 4 rings (SSSR count). The highest BCUT2D eigenvalue weighted by atomic mass is 35.5. The molecule has 1 aliphatic heterocycles. The third-order valence-corrected chi connectivity index (χ3v) is 8.06. The van der Waals surface area contributed by atoms with Gasteiger partial charge in [-0.15, -0.1) is 12.4 Å². The van der Waals surface area contributed by atoms with Gasteiger partial charge in [-0.3, -0.25) is 4.57 Å². The monoisotopic (exact) mass is 487 g/mol. The number of halogens is 1. The van der Waals surface area contributed by atoms with Crippen molar-refractivity contribution in [1.82, 2.24) is 14.4 Å². The number of hydrogen-bond acceptors (Lipinski definition) is 3. The Hall–Kier alpha value is -1.98. The average molecular weight is 488 g/mol. The first-order chi connectivity index (χ1) is 16.0. The van der Waals surface area contributed by atoms with E-state index in [0.717, 1.165) is 70.6 Å². The Morgan fingerprint density at radius 1 is 1.21 bits per heavy atom. The first-order valence-electron chi connectivity index (χ1n) is 12.8. The molecule has 2 aromatic rings. The zero-order valence-electron chi connectivity index (χ0n) is 21.6. The molecule has 2 heterocycles. The van der Waals surface area contributed by atoms with Crippen molar-refractivity contribution in [2.24, 2.45) is 5.92 Å². The van der Waals surface area contributed by atoms with Crippen molar-refractivity contribution < 1.29 is 9.53 Å². The molecule has 0 bridgehead atoms. The number of piperidine rings is 1. The Kier molecular flexibility index (Phi) is 8.75. The van der Waals surface area contributed by atoms with Gasteiger partial charge in [0.25, 0.3) is 0 Å². The molecule has 1 fully saturated rings. The average Bonchev–Trinajstić information content (AvgIpc) is 3.16. The maximum atomic E-state index is 13.7. The van der Waals surface area contributed by atoms with Crippen molar-refractivity contribution in [1.29, 1.82) is 0 Å². The van der Waals surface area contributed by atoms with E-state index >= 15 is 0 Å². The number of fused-ring (bicyclic) bond motifs is 2. The minimum Gasteiger partial charge on any atom is -0.497 e. The molecule has 1 saturated heterocycles. The number of amides is 1.